The Labute approximate surface area is 152 Å². The minimum atomic E-state index is -0.494. The van der Waals surface area contributed by atoms with E-state index in [1.165, 1.54) is 0 Å². The largest absolute Gasteiger partial charge is 0.461 e. The molecule has 7 nitrogen and oxygen atoms in total. The number of anilines is 1. The average molecular weight is 359 g/mol. The van der Waals surface area contributed by atoms with Crippen molar-refractivity contribution in [2.24, 2.45) is 0 Å². The van der Waals surface area contributed by atoms with Crippen LogP contribution in [0.15, 0.2) is 23.0 Å². The van der Waals surface area contributed by atoms with Crippen molar-refractivity contribution in [3.63, 3.8) is 0 Å². The molecule has 0 amide bonds. The topological polar surface area (TPSA) is 74.9 Å². The molecular weight excluding hydrogens is 334 g/mol. The van der Waals surface area contributed by atoms with Gasteiger partial charge in [-0.15, -0.1) is 0 Å². The second-order valence-corrected chi connectivity index (χ2v) is 6.54. The minimum absolute atomic E-state index is 0.128. The van der Waals surface area contributed by atoms with E-state index in [0.29, 0.717) is 36.2 Å². The Morgan fingerprint density at radius 3 is 2.69 bits per heavy atom. The molecule has 1 fully saturated rings. The van der Waals surface area contributed by atoms with E-state index in [1.54, 1.807) is 6.92 Å². The molecule has 0 radical (unpaired) electrons. The average Bonchev–Trinajstić information content (AvgIpc) is 2.64. The van der Waals surface area contributed by atoms with Gasteiger partial charge in [0.25, 0.3) is 0 Å². The Morgan fingerprint density at radius 1 is 1.31 bits per heavy atom. The molecule has 0 spiro atoms. The van der Waals surface area contributed by atoms with Crippen LogP contribution in [0.1, 0.15) is 23.0 Å². The monoisotopic (exact) mass is 359 g/mol. The Morgan fingerprint density at radius 2 is 2.04 bits per heavy atom. The fourth-order valence-corrected chi connectivity index (χ4v) is 3.10. The van der Waals surface area contributed by atoms with Crippen LogP contribution in [0.3, 0.4) is 0 Å². The summed E-state index contributed by atoms with van der Waals surface area (Å²) in [5.74, 6) is -0.494. The number of hydrogen-bond donors (Lipinski definition) is 1. The summed E-state index contributed by atoms with van der Waals surface area (Å²) in [5, 5.41) is 0.576. The van der Waals surface area contributed by atoms with Crippen molar-refractivity contribution >= 4 is 22.6 Å². The van der Waals surface area contributed by atoms with Crippen molar-refractivity contribution < 1.29 is 14.3 Å². The Bertz CT molecular complexity index is 854. The molecule has 3 rings (SSSR count). The standard InChI is InChI=1S/C19H25N3O4/c1-4-26-19(24)17-15(12-22-7-9-25-10-8-22)18(23)14-11-13(21(2)3)5-6-16(14)20-17/h5-6,11H,4,7-10,12H2,1-3H3,(H,20,23). The molecule has 1 N–H and O–H groups in total. The van der Waals surface area contributed by atoms with Crippen LogP contribution in [0, 0.1) is 0 Å². The number of aromatic amines is 1. The Hall–Kier alpha value is -2.38. The van der Waals surface area contributed by atoms with Crippen LogP contribution in [0.4, 0.5) is 5.69 Å². The quantitative estimate of drug-likeness (QED) is 0.818. The number of morpholine rings is 1. The summed E-state index contributed by atoms with van der Waals surface area (Å²) in [6, 6.07) is 5.59. The number of nitrogens with zero attached hydrogens (tertiary/aromatic N) is 2. The first kappa shape index (κ1) is 18.4. The molecule has 0 atom stereocenters. The number of hydrogen-bond acceptors (Lipinski definition) is 6. The number of H-pyrrole nitrogens is 1. The molecule has 0 aliphatic carbocycles. The van der Waals surface area contributed by atoms with Crippen LogP contribution in [0.2, 0.25) is 0 Å². The normalized spacial score (nSPS) is 15.2. The molecule has 2 aromatic rings. The van der Waals surface area contributed by atoms with Gasteiger partial charge in [0.2, 0.25) is 0 Å². The molecule has 1 aromatic carbocycles. The maximum Gasteiger partial charge on any atom is 0.355 e. The van der Waals surface area contributed by atoms with E-state index in [-0.39, 0.29) is 17.7 Å². The van der Waals surface area contributed by atoms with E-state index < -0.39 is 5.97 Å². The molecule has 140 valence electrons. The van der Waals surface area contributed by atoms with E-state index in [4.69, 9.17) is 9.47 Å². The second-order valence-electron chi connectivity index (χ2n) is 6.54. The highest BCUT2D eigenvalue weighted by Gasteiger charge is 2.22. The van der Waals surface area contributed by atoms with Gasteiger partial charge in [0.1, 0.15) is 5.69 Å². The molecule has 1 aliphatic rings. The highest BCUT2D eigenvalue weighted by atomic mass is 16.5. The molecule has 1 saturated heterocycles. The number of benzene rings is 1. The third-order valence-corrected chi connectivity index (χ3v) is 4.56. The van der Waals surface area contributed by atoms with E-state index in [9.17, 15) is 9.59 Å². The fourth-order valence-electron chi connectivity index (χ4n) is 3.10. The van der Waals surface area contributed by atoms with Crippen molar-refractivity contribution in [1.82, 2.24) is 9.88 Å². The van der Waals surface area contributed by atoms with Gasteiger partial charge < -0.3 is 19.4 Å². The zero-order chi connectivity index (χ0) is 18.7. The Balaban J connectivity index is 2.12. The van der Waals surface area contributed by atoms with Gasteiger partial charge in [0.15, 0.2) is 5.43 Å². The van der Waals surface area contributed by atoms with Crippen molar-refractivity contribution in [3.05, 3.63) is 39.7 Å². The van der Waals surface area contributed by atoms with Gasteiger partial charge in [-0.05, 0) is 25.1 Å². The molecule has 7 heteroatoms. The molecule has 2 heterocycles. The number of rotatable bonds is 5. The predicted molar refractivity (Wildman–Crippen MR) is 101 cm³/mol. The third-order valence-electron chi connectivity index (χ3n) is 4.56. The van der Waals surface area contributed by atoms with E-state index in [1.807, 2.05) is 37.2 Å². The van der Waals surface area contributed by atoms with Gasteiger partial charge >= 0.3 is 5.97 Å². The molecule has 0 bridgehead atoms. The number of ether oxygens (including phenoxy) is 2. The zero-order valence-electron chi connectivity index (χ0n) is 15.5. The second kappa shape index (κ2) is 7.88. The maximum atomic E-state index is 13.2. The summed E-state index contributed by atoms with van der Waals surface area (Å²) < 4.78 is 10.5. The van der Waals surface area contributed by atoms with E-state index >= 15 is 0 Å². The number of nitrogens with one attached hydrogen (secondary N) is 1. The molecule has 1 aromatic heterocycles. The first-order chi connectivity index (χ1) is 12.5. The summed E-state index contributed by atoms with van der Waals surface area (Å²) >= 11 is 0. The highest BCUT2D eigenvalue weighted by molar-refractivity contribution is 5.93. The summed E-state index contributed by atoms with van der Waals surface area (Å²) in [7, 11) is 3.86. The molecule has 0 unspecified atom stereocenters. The summed E-state index contributed by atoms with van der Waals surface area (Å²) in [6.45, 7) is 5.14. The number of fused-ring (bicyclic) bond motifs is 1. The molecular formula is C19H25N3O4. The van der Waals surface area contributed by atoms with Crippen LogP contribution in [-0.4, -0.2) is 62.9 Å². The summed E-state index contributed by atoms with van der Waals surface area (Å²) in [5.41, 5.74) is 2.14. The predicted octanol–water partition coefficient (Wildman–Crippen LogP) is 1.60. The van der Waals surface area contributed by atoms with E-state index in [0.717, 1.165) is 18.8 Å². The third kappa shape index (κ3) is 3.73. The first-order valence-electron chi connectivity index (χ1n) is 8.84. The van der Waals surface area contributed by atoms with Gasteiger partial charge in [0.05, 0.1) is 25.3 Å². The number of carbonyl (C=O) groups excluding carboxylic acids is 1. The van der Waals surface area contributed by atoms with Crippen LogP contribution < -0.4 is 10.3 Å². The maximum absolute atomic E-state index is 13.2. The molecule has 0 saturated carbocycles. The lowest BCUT2D eigenvalue weighted by Crippen LogP contribution is -2.38. The van der Waals surface area contributed by atoms with E-state index in [2.05, 4.69) is 9.88 Å². The van der Waals surface area contributed by atoms with Crippen LogP contribution in [0.25, 0.3) is 10.9 Å². The van der Waals surface area contributed by atoms with Crippen molar-refractivity contribution in [1.29, 1.82) is 0 Å². The molecule has 1 aliphatic heterocycles. The van der Waals surface area contributed by atoms with Gasteiger partial charge in [0, 0.05) is 50.4 Å². The Kier molecular flexibility index (Phi) is 5.58. The molecule has 26 heavy (non-hydrogen) atoms. The summed E-state index contributed by atoms with van der Waals surface area (Å²) in [4.78, 5) is 32.8. The number of esters is 1. The summed E-state index contributed by atoms with van der Waals surface area (Å²) in [6.07, 6.45) is 0. The van der Waals surface area contributed by atoms with Gasteiger partial charge in [-0.3, -0.25) is 9.69 Å². The van der Waals surface area contributed by atoms with Crippen LogP contribution in [0.5, 0.6) is 0 Å². The smallest absolute Gasteiger partial charge is 0.355 e. The van der Waals surface area contributed by atoms with Crippen LogP contribution >= 0.6 is 0 Å². The van der Waals surface area contributed by atoms with Gasteiger partial charge in [-0.1, -0.05) is 0 Å². The van der Waals surface area contributed by atoms with Crippen molar-refractivity contribution in [2.45, 2.75) is 13.5 Å². The minimum Gasteiger partial charge on any atom is -0.461 e. The van der Waals surface area contributed by atoms with Crippen LogP contribution in [-0.2, 0) is 16.0 Å². The SMILES string of the molecule is CCOC(=O)c1[nH]c2ccc(N(C)C)cc2c(=O)c1CN1CCOCC1. The highest BCUT2D eigenvalue weighted by Crippen LogP contribution is 2.20. The van der Waals surface area contributed by atoms with Gasteiger partial charge in [-0.2, -0.15) is 0 Å². The van der Waals surface area contributed by atoms with Gasteiger partial charge in [-0.25, -0.2) is 4.79 Å². The number of pyridine rings is 1. The first-order valence-corrected chi connectivity index (χ1v) is 8.84. The van der Waals surface area contributed by atoms with Crippen molar-refractivity contribution in [3.8, 4) is 0 Å². The number of carbonyl (C=O) groups is 1. The lowest BCUT2D eigenvalue weighted by Gasteiger charge is -2.27. The number of aromatic nitrogens is 1. The fraction of sp³-hybridized carbons (Fsp3) is 0.474. The zero-order valence-corrected chi connectivity index (χ0v) is 15.5. The van der Waals surface area contributed by atoms with Crippen molar-refractivity contribution in [2.75, 3.05) is 51.9 Å². The lowest BCUT2D eigenvalue weighted by atomic mass is 10.1. The lowest BCUT2D eigenvalue weighted by molar-refractivity contribution is 0.0334.